The molecule has 1 heterocycles. The lowest BCUT2D eigenvalue weighted by Gasteiger charge is -2.60. The Morgan fingerprint density at radius 1 is 1.37 bits per heavy atom. The van der Waals surface area contributed by atoms with Gasteiger partial charge < -0.3 is 19.3 Å². The molecule has 27 heavy (non-hydrogen) atoms. The summed E-state index contributed by atoms with van der Waals surface area (Å²) in [5.41, 5.74) is -0.0764. The van der Waals surface area contributed by atoms with Gasteiger partial charge in [-0.15, -0.1) is 0 Å². The fourth-order valence-corrected chi connectivity index (χ4v) is 4.96. The average molecular weight is 378 g/mol. The van der Waals surface area contributed by atoms with Crippen molar-refractivity contribution in [3.8, 4) is 0 Å². The summed E-state index contributed by atoms with van der Waals surface area (Å²) in [6.45, 7) is 9.33. The van der Waals surface area contributed by atoms with Crippen LogP contribution >= 0.6 is 0 Å². The van der Waals surface area contributed by atoms with Crippen LogP contribution in [0.5, 0.6) is 0 Å². The predicted octanol–water partition coefficient (Wildman–Crippen LogP) is 3.04. The number of hydrogen-bond acceptors (Lipinski definition) is 6. The predicted molar refractivity (Wildman–Crippen MR) is 98.5 cm³/mol. The molecule has 0 bridgehead atoms. The Hall–Kier alpha value is -1.66. The van der Waals surface area contributed by atoms with Crippen LogP contribution in [0.25, 0.3) is 0 Å². The minimum absolute atomic E-state index is 0.0581. The topological polar surface area (TPSA) is 82.1 Å². The largest absolute Gasteiger partial charge is 0.456 e. The summed E-state index contributed by atoms with van der Waals surface area (Å²) in [4.78, 5) is 24.7. The molecule has 1 aliphatic heterocycles. The van der Waals surface area contributed by atoms with Crippen LogP contribution in [0.4, 0.5) is 0 Å². The second-order valence-electron chi connectivity index (χ2n) is 8.49. The monoisotopic (exact) mass is 378 g/mol. The number of ether oxygens (including phenoxy) is 3. The van der Waals surface area contributed by atoms with E-state index in [1.165, 1.54) is 7.11 Å². The van der Waals surface area contributed by atoms with Gasteiger partial charge in [0.25, 0.3) is 0 Å². The van der Waals surface area contributed by atoms with Gasteiger partial charge >= 0.3 is 11.9 Å². The number of hydrogen-bond donors (Lipinski definition) is 1. The third-order valence-corrected chi connectivity index (χ3v) is 7.33. The first-order valence-corrected chi connectivity index (χ1v) is 9.59. The molecule has 3 rings (SSSR count). The number of carbonyl (C=O) groups excluding carboxylic acids is 2. The molecule has 0 amide bonds. The highest BCUT2D eigenvalue weighted by Gasteiger charge is 2.69. The van der Waals surface area contributed by atoms with E-state index in [1.807, 2.05) is 6.92 Å². The van der Waals surface area contributed by atoms with E-state index >= 15 is 0 Å². The molecular weight excluding hydrogens is 348 g/mol. The fourth-order valence-electron chi connectivity index (χ4n) is 4.96. The van der Waals surface area contributed by atoms with E-state index in [0.29, 0.717) is 24.0 Å². The van der Waals surface area contributed by atoms with Crippen molar-refractivity contribution < 1.29 is 28.9 Å². The van der Waals surface area contributed by atoms with Crippen LogP contribution in [-0.4, -0.2) is 41.6 Å². The molecule has 5 unspecified atom stereocenters. The second-order valence-corrected chi connectivity index (χ2v) is 8.49. The Bertz CT molecular complexity index is 737. The van der Waals surface area contributed by atoms with Gasteiger partial charge in [-0.3, -0.25) is 0 Å². The van der Waals surface area contributed by atoms with Crippen molar-refractivity contribution in [1.29, 1.82) is 0 Å². The van der Waals surface area contributed by atoms with Gasteiger partial charge in [-0.25, -0.2) is 9.59 Å². The van der Waals surface area contributed by atoms with Gasteiger partial charge in [0, 0.05) is 29.2 Å². The van der Waals surface area contributed by atoms with Crippen molar-refractivity contribution in [2.45, 2.75) is 77.8 Å². The van der Waals surface area contributed by atoms with E-state index in [2.05, 4.69) is 6.92 Å². The van der Waals surface area contributed by atoms with E-state index in [-0.39, 0.29) is 12.3 Å². The number of methoxy groups -OCH3 is 1. The third-order valence-electron chi connectivity index (χ3n) is 7.33. The standard InChI is InChI=1S/C21H30O6/c1-7-12(2)17(22)26-16-9-8-13(3)19(5)10-15-14(4)18(23)27-21(15,25-6)11-20(16,19)24/h7,13,16,24H,8-11H2,1-6H3. The maximum absolute atomic E-state index is 12.4. The minimum Gasteiger partial charge on any atom is -0.456 e. The first-order chi connectivity index (χ1) is 12.5. The molecule has 6 heteroatoms. The Labute approximate surface area is 160 Å². The minimum atomic E-state index is -1.36. The molecule has 0 aromatic rings. The molecular formula is C21H30O6. The molecule has 3 aliphatic rings. The number of allylic oxidation sites excluding steroid dienone is 1. The maximum atomic E-state index is 12.4. The molecule has 0 radical (unpaired) electrons. The highest BCUT2D eigenvalue weighted by molar-refractivity contribution is 5.92. The lowest BCUT2D eigenvalue weighted by molar-refractivity contribution is -0.284. The van der Waals surface area contributed by atoms with Crippen molar-refractivity contribution in [1.82, 2.24) is 0 Å². The molecule has 0 aromatic carbocycles. The Morgan fingerprint density at radius 2 is 2.04 bits per heavy atom. The first kappa shape index (κ1) is 20.1. The summed E-state index contributed by atoms with van der Waals surface area (Å²) < 4.78 is 17.0. The smallest absolute Gasteiger partial charge is 0.336 e. The quantitative estimate of drug-likeness (QED) is 0.600. The molecule has 5 atom stereocenters. The van der Waals surface area contributed by atoms with E-state index in [4.69, 9.17) is 14.2 Å². The zero-order valence-corrected chi connectivity index (χ0v) is 17.0. The molecule has 0 spiro atoms. The second kappa shape index (κ2) is 6.45. The van der Waals surface area contributed by atoms with Crippen molar-refractivity contribution >= 4 is 11.9 Å². The summed E-state index contributed by atoms with van der Waals surface area (Å²) in [6.07, 6.45) is 2.91. The number of esters is 2. The summed E-state index contributed by atoms with van der Waals surface area (Å²) >= 11 is 0. The molecule has 0 saturated heterocycles. The van der Waals surface area contributed by atoms with Crippen LogP contribution in [0, 0.1) is 11.3 Å². The third kappa shape index (κ3) is 2.68. The molecule has 2 fully saturated rings. The lowest BCUT2D eigenvalue weighted by atomic mass is 9.50. The summed E-state index contributed by atoms with van der Waals surface area (Å²) in [5, 5.41) is 11.9. The number of rotatable bonds is 3. The summed E-state index contributed by atoms with van der Waals surface area (Å²) in [7, 11) is 1.48. The van der Waals surface area contributed by atoms with Gasteiger partial charge in [0.1, 0.15) is 11.7 Å². The highest BCUT2D eigenvalue weighted by atomic mass is 16.7. The zero-order valence-electron chi connectivity index (χ0n) is 17.0. The molecule has 0 aromatic heterocycles. The van der Waals surface area contributed by atoms with Crippen molar-refractivity contribution in [3.63, 3.8) is 0 Å². The zero-order chi connectivity index (χ0) is 20.2. The normalized spacial score (nSPS) is 41.7. The van der Waals surface area contributed by atoms with Crippen LogP contribution < -0.4 is 0 Å². The van der Waals surface area contributed by atoms with Crippen molar-refractivity contribution in [2.75, 3.05) is 7.11 Å². The van der Waals surface area contributed by atoms with Crippen LogP contribution in [0.3, 0.4) is 0 Å². The van der Waals surface area contributed by atoms with Gasteiger partial charge in [0.15, 0.2) is 0 Å². The molecule has 150 valence electrons. The van der Waals surface area contributed by atoms with Gasteiger partial charge in [0.05, 0.1) is 6.42 Å². The summed E-state index contributed by atoms with van der Waals surface area (Å²) in [6, 6.07) is 0. The van der Waals surface area contributed by atoms with Crippen molar-refractivity contribution in [2.24, 2.45) is 11.3 Å². The van der Waals surface area contributed by atoms with Gasteiger partial charge in [-0.05, 0) is 46.0 Å². The number of carbonyl (C=O) groups is 2. The van der Waals surface area contributed by atoms with Gasteiger partial charge in [-0.1, -0.05) is 19.9 Å². The van der Waals surface area contributed by atoms with Crippen molar-refractivity contribution in [3.05, 3.63) is 22.8 Å². The van der Waals surface area contributed by atoms with Crippen LogP contribution in [0.1, 0.15) is 60.3 Å². The van der Waals surface area contributed by atoms with E-state index in [0.717, 1.165) is 12.0 Å². The van der Waals surface area contributed by atoms with E-state index in [1.54, 1.807) is 26.8 Å². The fraction of sp³-hybridized carbons (Fsp3) is 0.714. The Morgan fingerprint density at radius 3 is 2.63 bits per heavy atom. The van der Waals surface area contributed by atoms with E-state index < -0.39 is 34.8 Å². The highest BCUT2D eigenvalue weighted by Crippen LogP contribution is 2.62. The number of fused-ring (bicyclic) bond motifs is 2. The molecule has 2 aliphatic carbocycles. The van der Waals surface area contributed by atoms with Crippen LogP contribution in [0.15, 0.2) is 22.8 Å². The molecule has 6 nitrogen and oxygen atoms in total. The van der Waals surface area contributed by atoms with Gasteiger partial charge in [0.2, 0.25) is 5.79 Å². The first-order valence-electron chi connectivity index (χ1n) is 9.59. The van der Waals surface area contributed by atoms with E-state index in [9.17, 15) is 14.7 Å². The van der Waals surface area contributed by atoms with Crippen LogP contribution in [-0.2, 0) is 23.8 Å². The SMILES string of the molecule is CC=C(C)C(=O)OC1CCC(C)C2(C)CC3=C(C)C(=O)OC3(OC)CC12O. The Kier molecular flexibility index (Phi) is 4.80. The average Bonchev–Trinajstić information content (AvgIpc) is 2.87. The van der Waals surface area contributed by atoms with Gasteiger partial charge in [-0.2, -0.15) is 0 Å². The number of aliphatic hydroxyl groups is 1. The van der Waals surface area contributed by atoms with Crippen LogP contribution in [0.2, 0.25) is 0 Å². The molecule has 1 N–H and O–H groups in total. The molecule has 2 saturated carbocycles. The Balaban J connectivity index is 2.05. The summed E-state index contributed by atoms with van der Waals surface area (Å²) in [5.74, 6) is -1.94. The lowest BCUT2D eigenvalue weighted by Crippen LogP contribution is -2.68. The maximum Gasteiger partial charge on any atom is 0.336 e.